The second kappa shape index (κ2) is 7.33. The minimum absolute atomic E-state index is 0.0835. The lowest BCUT2D eigenvalue weighted by atomic mass is 10.00. The maximum Gasteiger partial charge on any atom is 0.254 e. The van der Waals surface area contributed by atoms with Gasteiger partial charge in [0.05, 0.1) is 11.3 Å². The van der Waals surface area contributed by atoms with Crippen LogP contribution in [0.3, 0.4) is 0 Å². The third-order valence-corrected chi connectivity index (χ3v) is 4.30. The Morgan fingerprint density at radius 3 is 2.96 bits per heavy atom. The minimum atomic E-state index is -0.0835. The van der Waals surface area contributed by atoms with Crippen molar-refractivity contribution in [3.8, 4) is 0 Å². The first kappa shape index (κ1) is 15.6. The molecule has 23 heavy (non-hydrogen) atoms. The number of hydrogen-bond donors (Lipinski definition) is 1. The molecule has 0 unspecified atom stereocenters. The van der Waals surface area contributed by atoms with Gasteiger partial charge in [0.25, 0.3) is 5.91 Å². The number of fused-ring (bicyclic) bond motifs is 1. The van der Waals surface area contributed by atoms with E-state index in [0.29, 0.717) is 12.1 Å². The molecule has 0 atom stereocenters. The molecule has 1 aromatic heterocycles. The minimum Gasteiger partial charge on any atom is -0.351 e. The summed E-state index contributed by atoms with van der Waals surface area (Å²) in [4.78, 5) is 22.7. The molecule has 1 amide bonds. The van der Waals surface area contributed by atoms with Crippen LogP contribution in [0.25, 0.3) is 0 Å². The van der Waals surface area contributed by atoms with Crippen molar-refractivity contribution < 1.29 is 4.79 Å². The van der Waals surface area contributed by atoms with Crippen molar-refractivity contribution in [2.75, 3.05) is 19.6 Å². The van der Waals surface area contributed by atoms with Crippen LogP contribution in [0.2, 0.25) is 0 Å². The Morgan fingerprint density at radius 1 is 1.30 bits per heavy atom. The molecule has 1 aromatic carbocycles. The highest BCUT2D eigenvalue weighted by Gasteiger charge is 2.16. The fourth-order valence-electron chi connectivity index (χ4n) is 2.99. The lowest BCUT2D eigenvalue weighted by Crippen LogP contribution is -2.38. The maximum absolute atomic E-state index is 12.3. The molecule has 5 heteroatoms. The second-order valence-electron chi connectivity index (χ2n) is 5.79. The van der Waals surface area contributed by atoms with Crippen molar-refractivity contribution in [2.24, 2.45) is 0 Å². The largest absolute Gasteiger partial charge is 0.351 e. The predicted octanol–water partition coefficient (Wildman–Crippen LogP) is 1.83. The van der Waals surface area contributed by atoms with Crippen LogP contribution < -0.4 is 5.32 Å². The highest BCUT2D eigenvalue weighted by molar-refractivity contribution is 5.94. The summed E-state index contributed by atoms with van der Waals surface area (Å²) < 4.78 is 0. The molecule has 3 rings (SSSR count). The van der Waals surface area contributed by atoms with Gasteiger partial charge < -0.3 is 5.32 Å². The number of aromatic nitrogens is 2. The van der Waals surface area contributed by atoms with Crippen LogP contribution in [0.15, 0.2) is 36.8 Å². The van der Waals surface area contributed by atoms with Gasteiger partial charge in [-0.15, -0.1) is 0 Å². The predicted molar refractivity (Wildman–Crippen MR) is 89.2 cm³/mol. The van der Waals surface area contributed by atoms with Gasteiger partial charge in [-0.1, -0.05) is 31.2 Å². The molecular weight excluding hydrogens is 288 g/mol. The quantitative estimate of drug-likeness (QED) is 0.915. The van der Waals surface area contributed by atoms with Gasteiger partial charge in [0.2, 0.25) is 0 Å². The molecule has 0 bridgehead atoms. The molecular formula is C18H22N4O. The number of rotatable bonds is 5. The Morgan fingerprint density at radius 2 is 2.13 bits per heavy atom. The van der Waals surface area contributed by atoms with Crippen molar-refractivity contribution in [1.82, 2.24) is 20.2 Å². The summed E-state index contributed by atoms with van der Waals surface area (Å²) in [6, 6.07) is 8.58. The summed E-state index contributed by atoms with van der Waals surface area (Å²) in [5, 5.41) is 2.98. The zero-order valence-electron chi connectivity index (χ0n) is 13.5. The summed E-state index contributed by atoms with van der Waals surface area (Å²) >= 11 is 0. The number of nitrogens with zero attached hydrogens (tertiary/aromatic N) is 3. The standard InChI is InChI=1S/C18H22N4O/c1-2-17-16(11-19-13-21-17)18(23)20-8-10-22-9-7-14-5-3-4-6-15(14)12-22/h3-6,11,13H,2,7-10,12H2,1H3,(H,20,23). The highest BCUT2D eigenvalue weighted by Crippen LogP contribution is 2.17. The Kier molecular flexibility index (Phi) is 4.98. The van der Waals surface area contributed by atoms with Gasteiger partial charge in [-0.2, -0.15) is 0 Å². The van der Waals surface area contributed by atoms with Crippen LogP contribution in [0, 0.1) is 0 Å². The number of carbonyl (C=O) groups excluding carboxylic acids is 1. The number of nitrogens with one attached hydrogen (secondary N) is 1. The summed E-state index contributed by atoms with van der Waals surface area (Å²) in [5.74, 6) is -0.0835. The Balaban J connectivity index is 1.51. The highest BCUT2D eigenvalue weighted by atomic mass is 16.1. The van der Waals surface area contributed by atoms with E-state index in [9.17, 15) is 4.79 Å². The van der Waals surface area contributed by atoms with Gasteiger partial charge in [-0.3, -0.25) is 9.69 Å². The lowest BCUT2D eigenvalue weighted by Gasteiger charge is -2.28. The molecule has 1 aliphatic rings. The SMILES string of the molecule is CCc1ncncc1C(=O)NCCN1CCc2ccccc2C1. The van der Waals surface area contributed by atoms with Crippen molar-refractivity contribution in [3.63, 3.8) is 0 Å². The fraction of sp³-hybridized carbons (Fsp3) is 0.389. The van der Waals surface area contributed by atoms with Crippen LogP contribution in [0.5, 0.6) is 0 Å². The monoisotopic (exact) mass is 310 g/mol. The van der Waals surface area contributed by atoms with E-state index < -0.39 is 0 Å². The van der Waals surface area contributed by atoms with E-state index in [1.54, 1.807) is 6.20 Å². The van der Waals surface area contributed by atoms with E-state index in [1.165, 1.54) is 17.5 Å². The first-order chi connectivity index (χ1) is 11.3. The molecule has 0 saturated carbocycles. The van der Waals surface area contributed by atoms with Gasteiger partial charge in [0.15, 0.2) is 0 Å². The molecule has 120 valence electrons. The molecule has 2 heterocycles. The second-order valence-corrected chi connectivity index (χ2v) is 5.79. The Bertz CT molecular complexity index is 686. The maximum atomic E-state index is 12.3. The molecule has 0 spiro atoms. The van der Waals surface area contributed by atoms with E-state index in [4.69, 9.17) is 0 Å². The smallest absolute Gasteiger partial charge is 0.254 e. The zero-order valence-corrected chi connectivity index (χ0v) is 13.5. The molecule has 1 N–H and O–H groups in total. The number of carbonyl (C=O) groups is 1. The van der Waals surface area contributed by atoms with Crippen LogP contribution in [0.4, 0.5) is 0 Å². The fourth-order valence-corrected chi connectivity index (χ4v) is 2.99. The molecule has 2 aromatic rings. The molecule has 0 saturated heterocycles. The van der Waals surface area contributed by atoms with Gasteiger partial charge in [-0.25, -0.2) is 9.97 Å². The van der Waals surface area contributed by atoms with Crippen LogP contribution in [-0.4, -0.2) is 40.4 Å². The zero-order chi connectivity index (χ0) is 16.1. The summed E-state index contributed by atoms with van der Waals surface area (Å²) in [7, 11) is 0. The van der Waals surface area contributed by atoms with Gasteiger partial charge in [0, 0.05) is 32.4 Å². The van der Waals surface area contributed by atoms with Gasteiger partial charge >= 0.3 is 0 Å². The summed E-state index contributed by atoms with van der Waals surface area (Å²) in [5.41, 5.74) is 4.22. The lowest BCUT2D eigenvalue weighted by molar-refractivity contribution is 0.0945. The summed E-state index contributed by atoms with van der Waals surface area (Å²) in [6.07, 6.45) is 4.89. The number of benzene rings is 1. The van der Waals surface area contributed by atoms with Gasteiger partial charge in [-0.05, 0) is 24.0 Å². The van der Waals surface area contributed by atoms with E-state index in [1.807, 2.05) is 6.92 Å². The van der Waals surface area contributed by atoms with Crippen LogP contribution in [-0.2, 0) is 19.4 Å². The van der Waals surface area contributed by atoms with Crippen LogP contribution in [0.1, 0.15) is 34.1 Å². The van der Waals surface area contributed by atoms with Crippen molar-refractivity contribution >= 4 is 5.91 Å². The number of hydrogen-bond acceptors (Lipinski definition) is 4. The first-order valence-electron chi connectivity index (χ1n) is 8.14. The van der Waals surface area contributed by atoms with Crippen molar-refractivity contribution in [3.05, 3.63) is 59.2 Å². The summed E-state index contributed by atoms with van der Waals surface area (Å²) in [6.45, 7) is 5.49. The third kappa shape index (κ3) is 3.74. The van der Waals surface area contributed by atoms with E-state index >= 15 is 0 Å². The Hall–Kier alpha value is -2.27. The molecule has 5 nitrogen and oxygen atoms in total. The molecule has 0 radical (unpaired) electrons. The average Bonchev–Trinajstić information content (AvgIpc) is 2.61. The third-order valence-electron chi connectivity index (χ3n) is 4.30. The topological polar surface area (TPSA) is 58.1 Å². The van der Waals surface area contributed by atoms with Crippen LogP contribution >= 0.6 is 0 Å². The number of amides is 1. The van der Waals surface area contributed by atoms with E-state index in [-0.39, 0.29) is 5.91 Å². The van der Waals surface area contributed by atoms with Crippen molar-refractivity contribution in [1.29, 1.82) is 0 Å². The normalized spacial score (nSPS) is 14.3. The molecule has 0 aliphatic carbocycles. The Labute approximate surface area is 136 Å². The molecule has 1 aliphatic heterocycles. The van der Waals surface area contributed by atoms with Gasteiger partial charge in [0.1, 0.15) is 6.33 Å². The molecule has 0 fully saturated rings. The van der Waals surface area contributed by atoms with Crippen molar-refractivity contribution in [2.45, 2.75) is 26.3 Å². The van der Waals surface area contributed by atoms with E-state index in [2.05, 4.69) is 44.5 Å². The average molecular weight is 310 g/mol. The number of aryl methyl sites for hydroxylation is 1. The first-order valence-corrected chi connectivity index (χ1v) is 8.14. The van der Waals surface area contributed by atoms with E-state index in [0.717, 1.165) is 38.2 Å².